The zero-order valence-corrected chi connectivity index (χ0v) is 18.3. The summed E-state index contributed by atoms with van der Waals surface area (Å²) in [6.07, 6.45) is 0. The number of imide groups is 1. The molecule has 0 saturated heterocycles. The van der Waals surface area contributed by atoms with E-state index in [1.54, 1.807) is 24.3 Å². The molecule has 0 spiro atoms. The zero-order chi connectivity index (χ0) is 25.1. The van der Waals surface area contributed by atoms with E-state index in [1.807, 2.05) is 6.92 Å². The quantitative estimate of drug-likeness (QED) is 0.406. The number of nitrogens with one attached hydrogen (secondary N) is 1. The Bertz CT molecular complexity index is 1340. The standard InChI is InChI=1S/C25H18F2N2O6/c1-2-34-17-7-5-16(6-8-17)29-23(31)18-9-3-14(11-19(18)24(29)32)25(33)35-13-22(30)28-21-12-15(26)4-10-20(21)27/h3-12H,2,13H2,1H3,(H,28,30). The van der Waals surface area contributed by atoms with Crippen molar-refractivity contribution in [1.29, 1.82) is 0 Å². The van der Waals surface area contributed by atoms with Crippen molar-refractivity contribution < 1.29 is 37.4 Å². The summed E-state index contributed by atoms with van der Waals surface area (Å²) in [7, 11) is 0. The third-order valence-electron chi connectivity index (χ3n) is 5.07. The number of hydrogen-bond donors (Lipinski definition) is 1. The minimum absolute atomic E-state index is 0.00428. The molecule has 3 aromatic carbocycles. The van der Waals surface area contributed by atoms with Gasteiger partial charge in [0.1, 0.15) is 17.4 Å². The second-order valence-corrected chi connectivity index (χ2v) is 7.38. The van der Waals surface area contributed by atoms with Crippen LogP contribution in [0.3, 0.4) is 0 Å². The number of carbonyl (C=O) groups is 4. The molecule has 0 saturated carbocycles. The van der Waals surface area contributed by atoms with Crippen LogP contribution in [0.4, 0.5) is 20.2 Å². The average molecular weight is 480 g/mol. The van der Waals surface area contributed by atoms with Gasteiger partial charge in [-0.25, -0.2) is 18.5 Å². The average Bonchev–Trinajstić information content (AvgIpc) is 3.10. The minimum Gasteiger partial charge on any atom is -0.494 e. The monoisotopic (exact) mass is 480 g/mol. The number of nitrogens with zero attached hydrogens (tertiary/aromatic N) is 1. The molecule has 0 aromatic heterocycles. The molecule has 4 rings (SSSR count). The number of halogens is 2. The highest BCUT2D eigenvalue weighted by Gasteiger charge is 2.37. The largest absolute Gasteiger partial charge is 0.494 e. The number of esters is 1. The van der Waals surface area contributed by atoms with Gasteiger partial charge in [0.2, 0.25) is 0 Å². The van der Waals surface area contributed by atoms with Crippen LogP contribution in [-0.2, 0) is 9.53 Å². The van der Waals surface area contributed by atoms with Gasteiger partial charge in [-0.2, -0.15) is 0 Å². The van der Waals surface area contributed by atoms with Gasteiger partial charge in [0.25, 0.3) is 17.7 Å². The Labute approximate surface area is 198 Å². The normalized spacial score (nSPS) is 12.4. The van der Waals surface area contributed by atoms with E-state index >= 15 is 0 Å². The van der Waals surface area contributed by atoms with Crippen molar-refractivity contribution in [3.63, 3.8) is 0 Å². The topological polar surface area (TPSA) is 102 Å². The van der Waals surface area contributed by atoms with Gasteiger partial charge >= 0.3 is 5.97 Å². The number of anilines is 2. The molecule has 10 heteroatoms. The SMILES string of the molecule is CCOc1ccc(N2C(=O)c3ccc(C(=O)OCC(=O)Nc4cc(F)ccc4F)cc3C2=O)cc1. The van der Waals surface area contributed by atoms with E-state index in [0.29, 0.717) is 18.0 Å². The first-order valence-electron chi connectivity index (χ1n) is 10.5. The molecule has 3 amide bonds. The Morgan fingerprint density at radius 2 is 1.63 bits per heavy atom. The van der Waals surface area contributed by atoms with Crippen LogP contribution in [0.5, 0.6) is 5.75 Å². The van der Waals surface area contributed by atoms with Crippen LogP contribution in [0.2, 0.25) is 0 Å². The minimum atomic E-state index is -0.942. The predicted octanol–water partition coefficient (Wildman–Crippen LogP) is 3.96. The van der Waals surface area contributed by atoms with Gasteiger partial charge in [-0.15, -0.1) is 0 Å². The molecule has 178 valence electrons. The van der Waals surface area contributed by atoms with Crippen LogP contribution in [0.1, 0.15) is 38.0 Å². The van der Waals surface area contributed by atoms with E-state index in [1.165, 1.54) is 18.2 Å². The van der Waals surface area contributed by atoms with E-state index in [-0.39, 0.29) is 16.7 Å². The molecule has 0 radical (unpaired) electrons. The third-order valence-corrected chi connectivity index (χ3v) is 5.07. The Hall–Kier alpha value is -4.60. The lowest BCUT2D eigenvalue weighted by Gasteiger charge is -2.14. The first kappa shape index (κ1) is 23.6. The van der Waals surface area contributed by atoms with Gasteiger partial charge in [-0.1, -0.05) is 0 Å². The first-order chi connectivity index (χ1) is 16.8. The van der Waals surface area contributed by atoms with Crippen molar-refractivity contribution in [3.8, 4) is 5.75 Å². The lowest BCUT2D eigenvalue weighted by Crippen LogP contribution is -2.29. The van der Waals surface area contributed by atoms with Crippen LogP contribution < -0.4 is 15.0 Å². The first-order valence-corrected chi connectivity index (χ1v) is 10.5. The lowest BCUT2D eigenvalue weighted by molar-refractivity contribution is -0.119. The fourth-order valence-electron chi connectivity index (χ4n) is 3.45. The van der Waals surface area contributed by atoms with E-state index < -0.39 is 47.6 Å². The Morgan fingerprint density at radius 1 is 0.914 bits per heavy atom. The molecule has 0 fully saturated rings. The number of amides is 3. The van der Waals surface area contributed by atoms with Gasteiger partial charge in [0.05, 0.1) is 34.7 Å². The second kappa shape index (κ2) is 9.72. The van der Waals surface area contributed by atoms with Crippen molar-refractivity contribution in [2.45, 2.75) is 6.92 Å². The highest BCUT2D eigenvalue weighted by atomic mass is 19.1. The van der Waals surface area contributed by atoms with Crippen molar-refractivity contribution >= 4 is 35.1 Å². The van der Waals surface area contributed by atoms with Gasteiger partial charge < -0.3 is 14.8 Å². The smallest absolute Gasteiger partial charge is 0.338 e. The number of benzene rings is 3. The van der Waals surface area contributed by atoms with Crippen LogP contribution in [0.25, 0.3) is 0 Å². The zero-order valence-electron chi connectivity index (χ0n) is 18.3. The summed E-state index contributed by atoms with van der Waals surface area (Å²) in [6, 6.07) is 12.7. The van der Waals surface area contributed by atoms with E-state index in [4.69, 9.17) is 9.47 Å². The Kier molecular flexibility index (Phi) is 6.54. The molecule has 0 bridgehead atoms. The summed E-state index contributed by atoms with van der Waals surface area (Å²) < 4.78 is 37.1. The molecule has 35 heavy (non-hydrogen) atoms. The molecular formula is C25H18F2N2O6. The highest BCUT2D eigenvalue weighted by molar-refractivity contribution is 6.34. The summed E-state index contributed by atoms with van der Waals surface area (Å²) >= 11 is 0. The maximum Gasteiger partial charge on any atom is 0.338 e. The maximum absolute atomic E-state index is 13.6. The van der Waals surface area contributed by atoms with Crippen LogP contribution >= 0.6 is 0 Å². The fraction of sp³-hybridized carbons (Fsp3) is 0.120. The lowest BCUT2D eigenvalue weighted by atomic mass is 10.1. The van der Waals surface area contributed by atoms with Crippen molar-refractivity contribution in [1.82, 2.24) is 0 Å². The van der Waals surface area contributed by atoms with Crippen molar-refractivity contribution in [2.24, 2.45) is 0 Å². The Morgan fingerprint density at radius 3 is 2.34 bits per heavy atom. The van der Waals surface area contributed by atoms with Crippen molar-refractivity contribution in [2.75, 3.05) is 23.4 Å². The molecule has 1 aliphatic rings. The molecule has 1 aliphatic heterocycles. The Balaban J connectivity index is 1.44. The summed E-state index contributed by atoms with van der Waals surface area (Å²) in [6.45, 7) is 1.52. The van der Waals surface area contributed by atoms with E-state index in [9.17, 15) is 28.0 Å². The number of hydrogen-bond acceptors (Lipinski definition) is 6. The molecule has 0 unspecified atom stereocenters. The second-order valence-electron chi connectivity index (χ2n) is 7.38. The van der Waals surface area contributed by atoms with Gasteiger partial charge in [-0.05, 0) is 61.5 Å². The van der Waals surface area contributed by atoms with Gasteiger partial charge in [0, 0.05) is 6.07 Å². The molecule has 1 N–H and O–H groups in total. The predicted molar refractivity (Wildman–Crippen MR) is 120 cm³/mol. The van der Waals surface area contributed by atoms with Crippen LogP contribution in [0, 0.1) is 11.6 Å². The molecule has 0 aliphatic carbocycles. The highest BCUT2D eigenvalue weighted by Crippen LogP contribution is 2.30. The van der Waals surface area contributed by atoms with E-state index in [2.05, 4.69) is 5.32 Å². The van der Waals surface area contributed by atoms with Gasteiger partial charge in [-0.3, -0.25) is 14.4 Å². The molecule has 3 aromatic rings. The number of rotatable bonds is 7. The molecule has 0 atom stereocenters. The number of fused-ring (bicyclic) bond motifs is 1. The molecule has 1 heterocycles. The van der Waals surface area contributed by atoms with Crippen molar-refractivity contribution in [3.05, 3.63) is 89.0 Å². The molecule has 8 nitrogen and oxygen atoms in total. The fourth-order valence-corrected chi connectivity index (χ4v) is 3.45. The number of carbonyl (C=O) groups excluding carboxylic acids is 4. The van der Waals surface area contributed by atoms with E-state index in [0.717, 1.165) is 23.1 Å². The summed E-state index contributed by atoms with van der Waals surface area (Å²) in [4.78, 5) is 51.1. The van der Waals surface area contributed by atoms with Crippen LogP contribution in [0.15, 0.2) is 60.7 Å². The van der Waals surface area contributed by atoms with Crippen LogP contribution in [-0.4, -0.2) is 36.9 Å². The molecular weight excluding hydrogens is 462 g/mol. The van der Waals surface area contributed by atoms with Gasteiger partial charge in [0.15, 0.2) is 6.61 Å². The maximum atomic E-state index is 13.6. The summed E-state index contributed by atoms with van der Waals surface area (Å²) in [5, 5.41) is 2.10. The summed E-state index contributed by atoms with van der Waals surface area (Å²) in [5.41, 5.74) is -0.0142. The summed E-state index contributed by atoms with van der Waals surface area (Å²) in [5.74, 6) is -4.03. The number of ether oxygens (including phenoxy) is 2. The third kappa shape index (κ3) is 4.86.